The van der Waals surface area contributed by atoms with Crippen LogP contribution in [-0.4, -0.2) is 41.3 Å². The Labute approximate surface area is 86.6 Å². The molecule has 3 aliphatic rings. The predicted molar refractivity (Wildman–Crippen MR) is 47.8 cm³/mol. The van der Waals surface area contributed by atoms with Crippen LogP contribution in [0.1, 0.15) is 13.3 Å². The van der Waals surface area contributed by atoms with Crippen LogP contribution >= 0.6 is 0 Å². The Morgan fingerprint density at radius 1 is 1.60 bits per heavy atom. The fraction of sp³-hybridized carbons (Fsp3) is 0.700. The van der Waals surface area contributed by atoms with E-state index >= 15 is 0 Å². The largest absolute Gasteiger partial charge is 0.426 e. The van der Waals surface area contributed by atoms with Gasteiger partial charge in [0.1, 0.15) is 12.2 Å². The van der Waals surface area contributed by atoms with E-state index in [1.165, 1.54) is 6.08 Å². The van der Waals surface area contributed by atoms with Gasteiger partial charge >= 0.3 is 5.97 Å². The lowest BCUT2D eigenvalue weighted by molar-refractivity contribution is -0.201. The molecule has 2 fully saturated rings. The minimum Gasteiger partial charge on any atom is -0.426 e. The second-order valence-corrected chi connectivity index (χ2v) is 4.22. The van der Waals surface area contributed by atoms with Gasteiger partial charge in [0, 0.05) is 12.5 Å². The second-order valence-electron chi connectivity index (χ2n) is 4.22. The van der Waals surface area contributed by atoms with Crippen LogP contribution in [0.2, 0.25) is 0 Å². The van der Waals surface area contributed by atoms with Gasteiger partial charge in [-0.2, -0.15) is 0 Å². The van der Waals surface area contributed by atoms with Gasteiger partial charge in [-0.05, 0) is 13.0 Å². The van der Waals surface area contributed by atoms with Crippen molar-refractivity contribution >= 4 is 5.97 Å². The lowest BCUT2D eigenvalue weighted by atomic mass is 10.1. The number of ether oxygens (including phenoxy) is 3. The van der Waals surface area contributed by atoms with Crippen LogP contribution < -0.4 is 0 Å². The van der Waals surface area contributed by atoms with E-state index in [1.54, 1.807) is 13.0 Å². The van der Waals surface area contributed by atoms with Gasteiger partial charge in [0.25, 0.3) is 0 Å². The number of aliphatic hydroxyl groups excluding tert-OH is 1. The molecule has 0 radical (unpaired) electrons. The van der Waals surface area contributed by atoms with Crippen molar-refractivity contribution in [2.75, 3.05) is 0 Å². The normalized spacial score (nSPS) is 52.5. The quantitative estimate of drug-likeness (QED) is 0.560. The number of rotatable bonds is 0. The Morgan fingerprint density at radius 3 is 3.00 bits per heavy atom. The molecule has 0 aromatic rings. The molecule has 5 atom stereocenters. The van der Waals surface area contributed by atoms with Crippen molar-refractivity contribution < 1.29 is 24.1 Å². The van der Waals surface area contributed by atoms with E-state index in [0.29, 0.717) is 6.42 Å². The van der Waals surface area contributed by atoms with Crippen molar-refractivity contribution in [2.24, 2.45) is 0 Å². The van der Waals surface area contributed by atoms with Gasteiger partial charge in [-0.1, -0.05) is 0 Å². The number of carbonyl (C=O) groups is 1. The molecule has 1 spiro atoms. The Morgan fingerprint density at radius 2 is 2.40 bits per heavy atom. The maximum atomic E-state index is 11.0. The van der Waals surface area contributed by atoms with E-state index in [0.717, 1.165) is 0 Å². The van der Waals surface area contributed by atoms with Gasteiger partial charge in [0.05, 0.1) is 12.2 Å². The summed E-state index contributed by atoms with van der Waals surface area (Å²) < 4.78 is 16.2. The highest BCUT2D eigenvalue weighted by atomic mass is 16.7. The Kier molecular flexibility index (Phi) is 1.75. The summed E-state index contributed by atoms with van der Waals surface area (Å²) in [7, 11) is 0. The predicted octanol–water partition coefficient (Wildman–Crippen LogP) is -0.267. The Bertz CT molecular complexity index is 339. The first-order valence-electron chi connectivity index (χ1n) is 5.03. The topological polar surface area (TPSA) is 65.0 Å². The van der Waals surface area contributed by atoms with Crippen LogP contribution in [-0.2, 0) is 19.0 Å². The summed E-state index contributed by atoms with van der Waals surface area (Å²) in [5.74, 6) is -1.40. The van der Waals surface area contributed by atoms with Crippen molar-refractivity contribution in [1.82, 2.24) is 0 Å². The molecule has 82 valence electrons. The molecule has 15 heavy (non-hydrogen) atoms. The number of hydrogen-bond donors (Lipinski definition) is 1. The molecule has 0 amide bonds. The van der Waals surface area contributed by atoms with Crippen LogP contribution in [0.3, 0.4) is 0 Å². The third kappa shape index (κ3) is 1.24. The smallest absolute Gasteiger partial charge is 0.333 e. The van der Waals surface area contributed by atoms with Crippen LogP contribution in [0.4, 0.5) is 0 Å². The highest BCUT2D eigenvalue weighted by molar-refractivity contribution is 5.85. The van der Waals surface area contributed by atoms with Crippen molar-refractivity contribution in [1.29, 1.82) is 0 Å². The zero-order valence-corrected chi connectivity index (χ0v) is 8.25. The number of hydrogen-bond acceptors (Lipinski definition) is 5. The second kappa shape index (κ2) is 2.81. The molecule has 0 aromatic heterocycles. The molecular weight excluding hydrogens is 200 g/mol. The van der Waals surface area contributed by atoms with Gasteiger partial charge in [-0.15, -0.1) is 0 Å². The monoisotopic (exact) mass is 212 g/mol. The average Bonchev–Trinajstić information content (AvgIpc) is 2.76. The van der Waals surface area contributed by atoms with Gasteiger partial charge < -0.3 is 19.3 Å². The highest BCUT2D eigenvalue weighted by Gasteiger charge is 2.57. The summed E-state index contributed by atoms with van der Waals surface area (Å²) in [5, 5.41) is 9.76. The van der Waals surface area contributed by atoms with Crippen LogP contribution in [0.15, 0.2) is 12.2 Å². The molecule has 2 saturated heterocycles. The summed E-state index contributed by atoms with van der Waals surface area (Å²) in [6.45, 7) is 1.80. The molecule has 0 aromatic carbocycles. The molecule has 3 aliphatic heterocycles. The average molecular weight is 212 g/mol. The fourth-order valence-corrected chi connectivity index (χ4v) is 2.40. The maximum absolute atomic E-state index is 11.0. The van der Waals surface area contributed by atoms with Gasteiger partial charge in [-0.3, -0.25) is 0 Å². The Hall–Kier alpha value is -0.910. The molecule has 0 unspecified atom stereocenters. The van der Waals surface area contributed by atoms with Crippen LogP contribution in [0.5, 0.6) is 0 Å². The number of aliphatic hydroxyl groups is 1. The lowest BCUT2D eigenvalue weighted by Gasteiger charge is -2.23. The molecule has 0 saturated carbocycles. The standard InChI is InChI=1S/C10H12O5/c1-5-8(12)9-6(13-5)4-10(15-9)3-2-7(11)14-10/h2-3,5-6,8-9,12H,4H2,1H3/t5-,6-,8-,9+,10+/m1/s1. The van der Waals surface area contributed by atoms with E-state index in [9.17, 15) is 9.90 Å². The molecule has 5 heteroatoms. The number of esters is 1. The van der Waals surface area contributed by atoms with Crippen molar-refractivity contribution in [3.8, 4) is 0 Å². The summed E-state index contributed by atoms with van der Waals surface area (Å²) in [5.41, 5.74) is 0. The van der Waals surface area contributed by atoms with Crippen molar-refractivity contribution in [3.05, 3.63) is 12.2 Å². The SMILES string of the molecule is C[C@H]1O[C@@H]2C[C@]3(C=CC(=O)O3)O[C@@H]2[C@@H]1O. The minimum absolute atomic E-state index is 0.189. The van der Waals surface area contributed by atoms with Crippen LogP contribution in [0.25, 0.3) is 0 Å². The number of fused-ring (bicyclic) bond motifs is 1. The van der Waals surface area contributed by atoms with E-state index in [-0.39, 0.29) is 12.2 Å². The molecular formula is C10H12O5. The highest BCUT2D eigenvalue weighted by Crippen LogP contribution is 2.43. The molecule has 3 rings (SSSR count). The lowest BCUT2D eigenvalue weighted by Crippen LogP contribution is -2.35. The zero-order chi connectivity index (χ0) is 10.6. The van der Waals surface area contributed by atoms with Gasteiger partial charge in [0.15, 0.2) is 0 Å². The summed E-state index contributed by atoms with van der Waals surface area (Å²) in [4.78, 5) is 11.0. The van der Waals surface area contributed by atoms with E-state index in [1.807, 2.05) is 0 Å². The summed E-state index contributed by atoms with van der Waals surface area (Å²) in [6.07, 6.45) is 1.94. The van der Waals surface area contributed by atoms with Crippen LogP contribution in [0, 0.1) is 0 Å². The third-order valence-electron chi connectivity index (χ3n) is 3.14. The maximum Gasteiger partial charge on any atom is 0.333 e. The summed E-state index contributed by atoms with van der Waals surface area (Å²) >= 11 is 0. The van der Waals surface area contributed by atoms with Gasteiger partial charge in [-0.25, -0.2) is 4.79 Å². The fourth-order valence-electron chi connectivity index (χ4n) is 2.40. The first-order valence-corrected chi connectivity index (χ1v) is 5.03. The minimum atomic E-state index is -0.993. The molecule has 1 N–H and O–H groups in total. The Balaban J connectivity index is 1.81. The summed E-state index contributed by atoms with van der Waals surface area (Å²) in [6, 6.07) is 0. The molecule has 0 bridgehead atoms. The van der Waals surface area contributed by atoms with E-state index in [2.05, 4.69) is 0 Å². The first-order chi connectivity index (χ1) is 7.10. The molecule has 3 heterocycles. The third-order valence-corrected chi connectivity index (χ3v) is 3.14. The first kappa shape index (κ1) is 9.33. The van der Waals surface area contributed by atoms with Crippen molar-refractivity contribution in [2.45, 2.75) is 43.5 Å². The van der Waals surface area contributed by atoms with Gasteiger partial charge in [0.2, 0.25) is 5.79 Å². The van der Waals surface area contributed by atoms with E-state index < -0.39 is 24.0 Å². The van der Waals surface area contributed by atoms with Crippen molar-refractivity contribution in [3.63, 3.8) is 0 Å². The molecule has 0 aliphatic carbocycles. The zero-order valence-electron chi connectivity index (χ0n) is 8.25. The number of carbonyl (C=O) groups excluding carboxylic acids is 1. The van der Waals surface area contributed by atoms with E-state index in [4.69, 9.17) is 14.2 Å². The molecule has 5 nitrogen and oxygen atoms in total.